The fourth-order valence-corrected chi connectivity index (χ4v) is 4.37. The molecule has 1 atom stereocenters. The minimum Gasteiger partial charge on any atom is -0.337 e. The van der Waals surface area contributed by atoms with Crippen LogP contribution in [-0.2, 0) is 13.1 Å². The molecule has 1 unspecified atom stereocenters. The molecule has 3 aromatic rings. The van der Waals surface area contributed by atoms with Crippen LogP contribution in [0.5, 0.6) is 0 Å². The van der Waals surface area contributed by atoms with Gasteiger partial charge < -0.3 is 4.90 Å². The highest BCUT2D eigenvalue weighted by molar-refractivity contribution is 5.95. The molecule has 5 nitrogen and oxygen atoms in total. The Hall–Kier alpha value is -2.92. The molecule has 1 aromatic heterocycles. The Morgan fingerprint density at radius 3 is 2.70 bits per heavy atom. The zero-order chi connectivity index (χ0) is 20.9. The van der Waals surface area contributed by atoms with Crippen molar-refractivity contribution in [1.29, 1.82) is 0 Å². The minimum absolute atomic E-state index is 0.0176. The van der Waals surface area contributed by atoms with E-state index in [0.29, 0.717) is 12.1 Å². The molecule has 156 valence electrons. The summed E-state index contributed by atoms with van der Waals surface area (Å²) in [6.07, 6.45) is 5.09. The van der Waals surface area contributed by atoms with Gasteiger partial charge in [-0.3, -0.25) is 14.8 Å². The Kier molecular flexibility index (Phi) is 6.29. The van der Waals surface area contributed by atoms with Crippen molar-refractivity contribution >= 4 is 5.91 Å². The Labute approximate surface area is 178 Å². The maximum absolute atomic E-state index is 13.2. The number of aryl methyl sites for hydroxylation is 1. The van der Waals surface area contributed by atoms with Crippen molar-refractivity contribution in [3.05, 3.63) is 88.7 Å². The molecule has 1 aliphatic heterocycles. The fourth-order valence-electron chi connectivity index (χ4n) is 4.37. The van der Waals surface area contributed by atoms with Crippen molar-refractivity contribution in [3.8, 4) is 0 Å². The van der Waals surface area contributed by atoms with E-state index in [-0.39, 0.29) is 11.9 Å². The van der Waals surface area contributed by atoms with Gasteiger partial charge in [-0.2, -0.15) is 5.10 Å². The molecule has 1 aliphatic rings. The maximum atomic E-state index is 13.2. The summed E-state index contributed by atoms with van der Waals surface area (Å²) in [6.45, 7) is 4.68. The Balaban J connectivity index is 1.54. The molecule has 30 heavy (non-hydrogen) atoms. The number of aromatic amines is 1. The van der Waals surface area contributed by atoms with Crippen LogP contribution in [0.25, 0.3) is 0 Å². The van der Waals surface area contributed by atoms with Gasteiger partial charge in [0, 0.05) is 20.1 Å². The van der Waals surface area contributed by atoms with Gasteiger partial charge in [-0.25, -0.2) is 0 Å². The molecule has 2 heterocycles. The fraction of sp³-hybridized carbons (Fsp3) is 0.360. The lowest BCUT2D eigenvalue weighted by atomic mass is 9.95. The number of aromatic nitrogens is 2. The summed E-state index contributed by atoms with van der Waals surface area (Å²) >= 11 is 0. The normalized spacial score (nSPS) is 17.1. The first-order valence-electron chi connectivity index (χ1n) is 10.7. The highest BCUT2D eigenvalue weighted by Gasteiger charge is 2.30. The molecule has 0 saturated carbocycles. The smallest absolute Gasteiger partial charge is 0.257 e. The lowest BCUT2D eigenvalue weighted by molar-refractivity contribution is 0.0776. The second-order valence-corrected chi connectivity index (χ2v) is 8.25. The number of hydrogen-bond acceptors (Lipinski definition) is 3. The highest BCUT2D eigenvalue weighted by Crippen LogP contribution is 2.33. The van der Waals surface area contributed by atoms with E-state index in [4.69, 9.17) is 0 Å². The number of H-pyrrole nitrogens is 1. The van der Waals surface area contributed by atoms with Crippen LogP contribution in [0.3, 0.4) is 0 Å². The van der Waals surface area contributed by atoms with Crippen LogP contribution < -0.4 is 0 Å². The molecule has 1 amide bonds. The minimum atomic E-state index is 0.0176. The van der Waals surface area contributed by atoms with Crippen LogP contribution in [0.4, 0.5) is 0 Å². The van der Waals surface area contributed by atoms with Crippen molar-refractivity contribution in [2.24, 2.45) is 0 Å². The summed E-state index contributed by atoms with van der Waals surface area (Å²) in [7, 11) is 1.86. The van der Waals surface area contributed by atoms with Gasteiger partial charge in [0.1, 0.15) is 0 Å². The van der Waals surface area contributed by atoms with Crippen LogP contribution in [0.1, 0.15) is 58.0 Å². The molecule has 0 radical (unpaired) electrons. The summed E-state index contributed by atoms with van der Waals surface area (Å²) in [6, 6.07) is 18.8. The predicted molar refractivity (Wildman–Crippen MR) is 119 cm³/mol. The standard InChI is InChI=1S/C25H30N4O/c1-19-10-6-7-13-21(19)18-29-15-9-8-14-23(29)24-22(16-26-27-24)25(30)28(2)17-20-11-4-3-5-12-20/h3-7,10-13,16,23H,8-9,14-15,17-18H2,1-2H3,(H,26,27). The number of piperidine rings is 1. The summed E-state index contributed by atoms with van der Waals surface area (Å²) in [4.78, 5) is 17.5. The Morgan fingerprint density at radius 1 is 1.13 bits per heavy atom. The largest absolute Gasteiger partial charge is 0.337 e. The van der Waals surface area contributed by atoms with Crippen molar-refractivity contribution in [2.75, 3.05) is 13.6 Å². The van der Waals surface area contributed by atoms with Gasteiger partial charge >= 0.3 is 0 Å². The number of benzene rings is 2. The van der Waals surface area contributed by atoms with Crippen molar-refractivity contribution < 1.29 is 4.79 Å². The maximum Gasteiger partial charge on any atom is 0.257 e. The third-order valence-corrected chi connectivity index (χ3v) is 6.09. The van der Waals surface area contributed by atoms with Crippen molar-refractivity contribution in [1.82, 2.24) is 20.0 Å². The number of rotatable bonds is 6. The molecule has 0 bridgehead atoms. The quantitative estimate of drug-likeness (QED) is 0.649. The Morgan fingerprint density at radius 2 is 1.90 bits per heavy atom. The number of likely N-dealkylation sites (tertiary alicyclic amines) is 1. The highest BCUT2D eigenvalue weighted by atomic mass is 16.2. The number of carbonyl (C=O) groups excluding carboxylic acids is 1. The van der Waals surface area contributed by atoms with Gasteiger partial charge in [-0.05, 0) is 43.0 Å². The van der Waals surface area contributed by atoms with Gasteiger partial charge in [0.05, 0.1) is 23.5 Å². The van der Waals surface area contributed by atoms with E-state index in [0.717, 1.165) is 30.8 Å². The molecule has 0 spiro atoms. The lowest BCUT2D eigenvalue weighted by Gasteiger charge is -2.36. The first-order chi connectivity index (χ1) is 14.6. The van der Waals surface area contributed by atoms with Crippen LogP contribution in [0.2, 0.25) is 0 Å². The van der Waals surface area contributed by atoms with Gasteiger partial charge in [-0.15, -0.1) is 0 Å². The monoisotopic (exact) mass is 402 g/mol. The SMILES string of the molecule is Cc1ccccc1CN1CCCCC1c1[nH]ncc1C(=O)N(C)Cc1ccccc1. The third kappa shape index (κ3) is 4.46. The first-order valence-corrected chi connectivity index (χ1v) is 10.7. The molecular weight excluding hydrogens is 372 g/mol. The molecule has 1 saturated heterocycles. The first kappa shape index (κ1) is 20.4. The van der Waals surface area contributed by atoms with E-state index in [2.05, 4.69) is 46.3 Å². The van der Waals surface area contributed by atoms with Crippen LogP contribution >= 0.6 is 0 Å². The average molecular weight is 403 g/mol. The molecule has 0 aliphatic carbocycles. The molecular formula is C25H30N4O. The van der Waals surface area contributed by atoms with E-state index in [1.54, 1.807) is 11.1 Å². The zero-order valence-electron chi connectivity index (χ0n) is 17.8. The van der Waals surface area contributed by atoms with E-state index < -0.39 is 0 Å². The number of amides is 1. The molecule has 1 N–H and O–H groups in total. The molecule has 4 rings (SSSR count). The average Bonchev–Trinajstić information content (AvgIpc) is 3.25. The number of nitrogens with one attached hydrogen (secondary N) is 1. The second kappa shape index (κ2) is 9.26. The zero-order valence-corrected chi connectivity index (χ0v) is 17.8. The second-order valence-electron chi connectivity index (χ2n) is 8.25. The number of nitrogens with zero attached hydrogens (tertiary/aromatic N) is 3. The van der Waals surface area contributed by atoms with E-state index in [9.17, 15) is 4.79 Å². The topological polar surface area (TPSA) is 52.2 Å². The summed E-state index contributed by atoms with van der Waals surface area (Å²) in [5, 5.41) is 7.43. The third-order valence-electron chi connectivity index (χ3n) is 6.09. The van der Waals surface area contributed by atoms with Gasteiger partial charge in [0.2, 0.25) is 0 Å². The van der Waals surface area contributed by atoms with Crippen LogP contribution in [0.15, 0.2) is 60.8 Å². The van der Waals surface area contributed by atoms with Gasteiger partial charge in [0.15, 0.2) is 0 Å². The number of hydrogen-bond donors (Lipinski definition) is 1. The van der Waals surface area contributed by atoms with E-state index in [1.807, 2.05) is 37.4 Å². The van der Waals surface area contributed by atoms with Gasteiger partial charge in [0.25, 0.3) is 5.91 Å². The predicted octanol–water partition coefficient (Wildman–Crippen LogP) is 4.72. The van der Waals surface area contributed by atoms with E-state index in [1.165, 1.54) is 24.0 Å². The summed E-state index contributed by atoms with van der Waals surface area (Å²) in [5.41, 5.74) is 5.42. The lowest BCUT2D eigenvalue weighted by Crippen LogP contribution is -2.35. The van der Waals surface area contributed by atoms with Crippen molar-refractivity contribution in [3.63, 3.8) is 0 Å². The number of carbonyl (C=O) groups is 1. The molecule has 5 heteroatoms. The summed E-state index contributed by atoms with van der Waals surface area (Å²) < 4.78 is 0. The van der Waals surface area contributed by atoms with Gasteiger partial charge in [-0.1, -0.05) is 61.0 Å². The molecule has 2 aromatic carbocycles. The van der Waals surface area contributed by atoms with Crippen LogP contribution in [-0.4, -0.2) is 39.5 Å². The Bertz CT molecular complexity index is 982. The van der Waals surface area contributed by atoms with Crippen LogP contribution in [0, 0.1) is 6.92 Å². The summed E-state index contributed by atoms with van der Waals surface area (Å²) in [5.74, 6) is 0.0176. The van der Waals surface area contributed by atoms with Crippen molar-refractivity contribution in [2.45, 2.75) is 45.3 Å². The molecule has 1 fully saturated rings. The van der Waals surface area contributed by atoms with E-state index >= 15 is 0 Å².